The molecule has 10 nitrogen and oxygen atoms in total. The Morgan fingerprint density at radius 1 is 1.38 bits per heavy atom. The third-order valence-corrected chi connectivity index (χ3v) is 4.60. The topological polar surface area (TPSA) is 103 Å². The molecule has 2 aromatic rings. The van der Waals surface area contributed by atoms with Crippen molar-refractivity contribution in [3.05, 3.63) is 30.6 Å². The lowest BCUT2D eigenvalue weighted by Gasteiger charge is -2.21. The smallest absolute Gasteiger partial charge is 0.410 e. The van der Waals surface area contributed by atoms with Crippen molar-refractivity contribution in [2.45, 2.75) is 12.0 Å². The van der Waals surface area contributed by atoms with Crippen molar-refractivity contribution in [3.8, 4) is 11.4 Å². The van der Waals surface area contributed by atoms with Gasteiger partial charge < -0.3 is 19.3 Å². The molecule has 26 heavy (non-hydrogen) atoms. The van der Waals surface area contributed by atoms with Gasteiger partial charge in [-0.15, -0.1) is 5.10 Å². The molecule has 0 N–H and O–H groups in total. The number of likely N-dealkylation sites (tertiary alicyclic amines) is 1. The summed E-state index contributed by atoms with van der Waals surface area (Å²) in [7, 11) is 1.70. The van der Waals surface area contributed by atoms with E-state index in [0.29, 0.717) is 31.8 Å². The quantitative estimate of drug-likeness (QED) is 0.763. The molecule has 0 radical (unpaired) electrons. The maximum Gasteiger partial charge on any atom is 0.410 e. The van der Waals surface area contributed by atoms with Crippen molar-refractivity contribution >= 4 is 12.0 Å². The van der Waals surface area contributed by atoms with Gasteiger partial charge in [0.1, 0.15) is 12.1 Å². The van der Waals surface area contributed by atoms with Gasteiger partial charge in [-0.3, -0.25) is 4.79 Å². The van der Waals surface area contributed by atoms with Crippen LogP contribution >= 0.6 is 0 Å². The molecule has 4 rings (SSSR count). The highest BCUT2D eigenvalue weighted by Gasteiger charge is 2.49. The summed E-state index contributed by atoms with van der Waals surface area (Å²) in [5.41, 5.74) is 0.155. The SMILES string of the molecule is CN1C[C@@]2(CCN(C(=O)COc3cccc(-n4cnnn4)c3)C2)OC1=O. The predicted molar refractivity (Wildman–Crippen MR) is 87.7 cm³/mol. The first-order valence-corrected chi connectivity index (χ1v) is 8.23. The maximum absolute atomic E-state index is 12.4. The number of rotatable bonds is 4. The fourth-order valence-electron chi connectivity index (χ4n) is 3.29. The Bertz CT molecular complexity index is 826. The Hall–Kier alpha value is -3.17. The highest BCUT2D eigenvalue weighted by Crippen LogP contribution is 2.31. The number of amides is 2. The standard InChI is InChI=1S/C16H18N6O4/c1-20-9-16(26-15(20)24)5-6-21(10-16)14(23)8-25-13-4-2-3-12(7-13)22-11-17-18-19-22/h2-4,7,11H,5-6,8-10H2,1H3/t16-/m1/s1. The van der Waals surface area contributed by atoms with Gasteiger partial charge in [0, 0.05) is 26.1 Å². The van der Waals surface area contributed by atoms with Crippen LogP contribution in [-0.2, 0) is 9.53 Å². The van der Waals surface area contributed by atoms with E-state index in [1.807, 2.05) is 6.07 Å². The van der Waals surface area contributed by atoms with Gasteiger partial charge in [0.25, 0.3) is 5.91 Å². The molecule has 1 atom stereocenters. The zero-order valence-corrected chi connectivity index (χ0v) is 14.2. The van der Waals surface area contributed by atoms with E-state index in [4.69, 9.17) is 9.47 Å². The summed E-state index contributed by atoms with van der Waals surface area (Å²) >= 11 is 0. The molecule has 0 aliphatic carbocycles. The van der Waals surface area contributed by atoms with Crippen molar-refractivity contribution in [2.75, 3.05) is 33.3 Å². The predicted octanol–water partition coefficient (Wildman–Crippen LogP) is 0.0942. The molecule has 0 unspecified atom stereocenters. The molecule has 0 saturated carbocycles. The number of tetrazole rings is 1. The van der Waals surface area contributed by atoms with Crippen molar-refractivity contribution in [1.29, 1.82) is 0 Å². The number of aromatic nitrogens is 4. The van der Waals surface area contributed by atoms with Gasteiger partial charge in [0.05, 0.1) is 18.8 Å². The summed E-state index contributed by atoms with van der Waals surface area (Å²) in [5, 5.41) is 11.0. The fourth-order valence-corrected chi connectivity index (χ4v) is 3.29. The molecule has 1 spiro atoms. The summed E-state index contributed by atoms with van der Waals surface area (Å²) in [6.45, 7) is 1.37. The van der Waals surface area contributed by atoms with E-state index in [2.05, 4.69) is 15.5 Å². The third-order valence-electron chi connectivity index (χ3n) is 4.60. The van der Waals surface area contributed by atoms with Crippen LogP contribution in [0.4, 0.5) is 4.79 Å². The first kappa shape index (κ1) is 16.3. The van der Waals surface area contributed by atoms with Crippen molar-refractivity contribution in [3.63, 3.8) is 0 Å². The summed E-state index contributed by atoms with van der Waals surface area (Å²) < 4.78 is 12.6. The molecule has 1 aromatic carbocycles. The molecule has 2 amide bonds. The summed E-state index contributed by atoms with van der Waals surface area (Å²) in [5.74, 6) is 0.410. The van der Waals surface area contributed by atoms with E-state index in [0.717, 1.165) is 5.69 Å². The van der Waals surface area contributed by atoms with Gasteiger partial charge in [-0.25, -0.2) is 9.48 Å². The monoisotopic (exact) mass is 358 g/mol. The van der Waals surface area contributed by atoms with Gasteiger partial charge in [0.2, 0.25) is 0 Å². The van der Waals surface area contributed by atoms with Crippen LogP contribution in [0.2, 0.25) is 0 Å². The van der Waals surface area contributed by atoms with Gasteiger partial charge in [0.15, 0.2) is 12.2 Å². The summed E-state index contributed by atoms with van der Waals surface area (Å²) in [6.07, 6.45) is 1.78. The number of benzene rings is 1. The summed E-state index contributed by atoms with van der Waals surface area (Å²) in [4.78, 5) is 27.3. The molecule has 2 saturated heterocycles. The van der Waals surface area contributed by atoms with E-state index in [1.165, 1.54) is 15.9 Å². The molecular weight excluding hydrogens is 340 g/mol. The Labute approximate surface area is 149 Å². The average Bonchev–Trinajstić information content (AvgIpc) is 3.35. The summed E-state index contributed by atoms with van der Waals surface area (Å²) in [6, 6.07) is 7.15. The van der Waals surface area contributed by atoms with Crippen LogP contribution in [0.5, 0.6) is 5.75 Å². The maximum atomic E-state index is 12.4. The zero-order valence-electron chi connectivity index (χ0n) is 14.2. The molecule has 2 fully saturated rings. The van der Waals surface area contributed by atoms with E-state index >= 15 is 0 Å². The van der Waals surface area contributed by atoms with E-state index in [-0.39, 0.29) is 18.6 Å². The largest absolute Gasteiger partial charge is 0.484 e. The van der Waals surface area contributed by atoms with Crippen molar-refractivity contribution < 1.29 is 19.1 Å². The van der Waals surface area contributed by atoms with Gasteiger partial charge >= 0.3 is 6.09 Å². The lowest BCUT2D eigenvalue weighted by Crippen LogP contribution is -2.40. The number of nitrogens with zero attached hydrogens (tertiary/aromatic N) is 6. The minimum atomic E-state index is -0.582. The molecular formula is C16H18N6O4. The molecule has 1 aromatic heterocycles. The second-order valence-electron chi connectivity index (χ2n) is 6.51. The lowest BCUT2D eigenvalue weighted by atomic mass is 10.0. The first-order chi connectivity index (χ1) is 12.5. The van der Waals surface area contributed by atoms with Crippen molar-refractivity contribution in [2.24, 2.45) is 0 Å². The lowest BCUT2D eigenvalue weighted by molar-refractivity contribution is -0.133. The van der Waals surface area contributed by atoms with E-state index < -0.39 is 5.60 Å². The van der Waals surface area contributed by atoms with Crippen LogP contribution in [0.15, 0.2) is 30.6 Å². The fraction of sp³-hybridized carbons (Fsp3) is 0.438. The Kier molecular flexibility index (Phi) is 3.94. The highest BCUT2D eigenvalue weighted by atomic mass is 16.6. The molecule has 136 valence electrons. The number of carbonyl (C=O) groups is 2. The van der Waals surface area contributed by atoms with Crippen LogP contribution in [0.3, 0.4) is 0 Å². The highest BCUT2D eigenvalue weighted by molar-refractivity contribution is 5.78. The minimum Gasteiger partial charge on any atom is -0.484 e. The van der Waals surface area contributed by atoms with Crippen LogP contribution < -0.4 is 4.74 Å². The molecule has 0 bridgehead atoms. The first-order valence-electron chi connectivity index (χ1n) is 8.23. The Morgan fingerprint density at radius 2 is 2.27 bits per heavy atom. The number of hydrogen-bond donors (Lipinski definition) is 0. The van der Waals surface area contributed by atoms with Crippen LogP contribution in [0.25, 0.3) is 5.69 Å². The third kappa shape index (κ3) is 3.05. The molecule has 10 heteroatoms. The normalized spacial score (nSPS) is 22.1. The van der Waals surface area contributed by atoms with Gasteiger partial charge in [-0.2, -0.15) is 0 Å². The number of carbonyl (C=O) groups excluding carboxylic acids is 2. The zero-order chi connectivity index (χ0) is 18.1. The number of likely N-dealkylation sites (N-methyl/N-ethyl adjacent to an activating group) is 1. The van der Waals surface area contributed by atoms with Crippen LogP contribution in [-0.4, -0.2) is 80.9 Å². The van der Waals surface area contributed by atoms with Gasteiger partial charge in [-0.1, -0.05) is 6.07 Å². The van der Waals surface area contributed by atoms with Gasteiger partial charge in [-0.05, 0) is 22.6 Å². The Morgan fingerprint density at radius 3 is 3.00 bits per heavy atom. The average molecular weight is 358 g/mol. The minimum absolute atomic E-state index is 0.0844. The second kappa shape index (κ2) is 6.28. The number of hydrogen-bond acceptors (Lipinski definition) is 7. The molecule has 2 aliphatic rings. The van der Waals surface area contributed by atoms with E-state index in [9.17, 15) is 9.59 Å². The molecule has 2 aliphatic heterocycles. The van der Waals surface area contributed by atoms with Crippen LogP contribution in [0, 0.1) is 0 Å². The number of ether oxygens (including phenoxy) is 2. The Balaban J connectivity index is 1.35. The van der Waals surface area contributed by atoms with Crippen LogP contribution in [0.1, 0.15) is 6.42 Å². The second-order valence-corrected chi connectivity index (χ2v) is 6.51. The van der Waals surface area contributed by atoms with E-state index in [1.54, 1.807) is 30.1 Å². The van der Waals surface area contributed by atoms with Crippen molar-refractivity contribution in [1.82, 2.24) is 30.0 Å². The molecule has 3 heterocycles.